The Hall–Kier alpha value is -1.57. The predicted molar refractivity (Wildman–Crippen MR) is 91.5 cm³/mol. The molecule has 2 rings (SSSR count). The number of thioether (sulfide) groups is 1. The number of hydrogen-bond acceptors (Lipinski definition) is 5. The molecule has 0 aliphatic heterocycles. The third-order valence-corrected chi connectivity index (χ3v) is 4.86. The Balaban J connectivity index is 1.68. The van der Waals surface area contributed by atoms with Crippen molar-refractivity contribution in [2.24, 2.45) is 0 Å². The molecule has 1 aromatic heterocycles. The van der Waals surface area contributed by atoms with Crippen molar-refractivity contribution < 1.29 is 18.7 Å². The maximum Gasteiger partial charge on any atom is 0.316 e. The Morgan fingerprint density at radius 3 is 2.87 bits per heavy atom. The van der Waals surface area contributed by atoms with Gasteiger partial charge in [-0.05, 0) is 29.6 Å². The summed E-state index contributed by atoms with van der Waals surface area (Å²) in [5.41, 5.74) is -0.0116. The molecule has 1 N–H and O–H groups in total. The quantitative estimate of drug-likeness (QED) is 0.746. The Kier molecular flexibility index (Phi) is 6.88. The standard InChI is InChI=1S/C15H13ClFNO3S2/c16-10-3-4-13(12(17)6-10)18-14(19)7-21-15(20)9-22-8-11-2-1-5-23-11/h1-6H,7-9H2,(H,18,19). The molecule has 4 nitrogen and oxygen atoms in total. The summed E-state index contributed by atoms with van der Waals surface area (Å²) in [6.07, 6.45) is 0. The van der Waals surface area contributed by atoms with Gasteiger partial charge in [0, 0.05) is 15.7 Å². The molecular weight excluding hydrogens is 361 g/mol. The zero-order valence-corrected chi connectivity index (χ0v) is 14.3. The monoisotopic (exact) mass is 373 g/mol. The molecule has 0 spiro atoms. The lowest BCUT2D eigenvalue weighted by Crippen LogP contribution is -2.22. The molecule has 122 valence electrons. The zero-order chi connectivity index (χ0) is 16.7. The van der Waals surface area contributed by atoms with Crippen molar-refractivity contribution in [3.8, 4) is 0 Å². The van der Waals surface area contributed by atoms with Crippen LogP contribution >= 0.6 is 34.7 Å². The second-order valence-corrected chi connectivity index (χ2v) is 6.86. The van der Waals surface area contributed by atoms with Crippen LogP contribution in [0.25, 0.3) is 0 Å². The smallest absolute Gasteiger partial charge is 0.316 e. The molecule has 0 aliphatic rings. The van der Waals surface area contributed by atoms with Crippen LogP contribution in [0.3, 0.4) is 0 Å². The Bertz CT molecular complexity index is 679. The van der Waals surface area contributed by atoms with Crippen molar-refractivity contribution >= 4 is 52.3 Å². The number of carbonyl (C=O) groups excluding carboxylic acids is 2. The average Bonchev–Trinajstić information content (AvgIpc) is 3.01. The summed E-state index contributed by atoms with van der Waals surface area (Å²) in [6, 6.07) is 7.81. The van der Waals surface area contributed by atoms with E-state index in [0.29, 0.717) is 0 Å². The first-order valence-electron chi connectivity index (χ1n) is 6.55. The van der Waals surface area contributed by atoms with E-state index >= 15 is 0 Å². The van der Waals surface area contributed by atoms with Gasteiger partial charge in [-0.1, -0.05) is 17.7 Å². The maximum atomic E-state index is 13.5. The van der Waals surface area contributed by atoms with Gasteiger partial charge in [-0.3, -0.25) is 9.59 Å². The molecule has 0 unspecified atom stereocenters. The zero-order valence-electron chi connectivity index (χ0n) is 11.9. The van der Waals surface area contributed by atoms with E-state index in [-0.39, 0.29) is 16.5 Å². The van der Waals surface area contributed by atoms with Gasteiger partial charge < -0.3 is 10.1 Å². The van der Waals surface area contributed by atoms with Crippen molar-refractivity contribution in [3.05, 3.63) is 51.4 Å². The summed E-state index contributed by atoms with van der Waals surface area (Å²) in [4.78, 5) is 24.3. The lowest BCUT2D eigenvalue weighted by molar-refractivity contribution is -0.144. The lowest BCUT2D eigenvalue weighted by Gasteiger charge is -2.07. The van der Waals surface area contributed by atoms with E-state index in [4.69, 9.17) is 16.3 Å². The number of amides is 1. The second-order valence-electron chi connectivity index (χ2n) is 4.41. The molecule has 0 radical (unpaired) electrons. The number of ether oxygens (including phenoxy) is 1. The SMILES string of the molecule is O=C(COC(=O)CSCc1cccs1)Nc1ccc(Cl)cc1F. The second kappa shape index (κ2) is 8.90. The average molecular weight is 374 g/mol. The Morgan fingerprint density at radius 1 is 1.35 bits per heavy atom. The van der Waals surface area contributed by atoms with Gasteiger partial charge in [0.15, 0.2) is 6.61 Å². The van der Waals surface area contributed by atoms with Crippen LogP contribution in [0.4, 0.5) is 10.1 Å². The number of benzene rings is 1. The minimum atomic E-state index is -0.649. The lowest BCUT2D eigenvalue weighted by atomic mass is 10.3. The Morgan fingerprint density at radius 2 is 2.17 bits per heavy atom. The van der Waals surface area contributed by atoms with Crippen molar-refractivity contribution in [2.75, 3.05) is 17.7 Å². The number of thiophene rings is 1. The number of hydrogen-bond donors (Lipinski definition) is 1. The van der Waals surface area contributed by atoms with Gasteiger partial charge in [0.05, 0.1) is 11.4 Å². The van der Waals surface area contributed by atoms with Crippen LogP contribution in [0, 0.1) is 5.82 Å². The van der Waals surface area contributed by atoms with Gasteiger partial charge in [-0.2, -0.15) is 0 Å². The van der Waals surface area contributed by atoms with Gasteiger partial charge in [-0.15, -0.1) is 23.1 Å². The van der Waals surface area contributed by atoms with E-state index in [1.807, 2.05) is 17.5 Å². The summed E-state index contributed by atoms with van der Waals surface area (Å²) >= 11 is 8.64. The highest BCUT2D eigenvalue weighted by molar-refractivity contribution is 7.99. The molecule has 0 fully saturated rings. The molecule has 1 amide bonds. The molecule has 0 atom stereocenters. The van der Waals surface area contributed by atoms with Gasteiger partial charge >= 0.3 is 5.97 Å². The highest BCUT2D eigenvalue weighted by Gasteiger charge is 2.11. The molecule has 2 aromatic rings. The fourth-order valence-corrected chi connectivity index (χ4v) is 3.41. The molecule has 0 bridgehead atoms. The van der Waals surface area contributed by atoms with Gasteiger partial charge in [0.25, 0.3) is 5.91 Å². The van der Waals surface area contributed by atoms with Crippen molar-refractivity contribution in [1.82, 2.24) is 0 Å². The van der Waals surface area contributed by atoms with Crippen LogP contribution in [0.1, 0.15) is 4.88 Å². The van der Waals surface area contributed by atoms with E-state index < -0.39 is 24.3 Å². The van der Waals surface area contributed by atoms with E-state index in [1.165, 1.54) is 28.8 Å². The van der Waals surface area contributed by atoms with Crippen LogP contribution in [-0.2, 0) is 20.1 Å². The first-order chi connectivity index (χ1) is 11.0. The van der Waals surface area contributed by atoms with Crippen LogP contribution in [0.5, 0.6) is 0 Å². The normalized spacial score (nSPS) is 10.3. The predicted octanol–water partition coefficient (Wildman–Crippen LogP) is 3.96. The summed E-state index contributed by atoms with van der Waals surface area (Å²) in [7, 11) is 0. The third kappa shape index (κ3) is 6.21. The molecule has 0 aliphatic carbocycles. The Labute approximate surface area is 146 Å². The van der Waals surface area contributed by atoms with Crippen molar-refractivity contribution in [2.45, 2.75) is 5.75 Å². The van der Waals surface area contributed by atoms with E-state index in [2.05, 4.69) is 5.32 Å². The minimum absolute atomic E-state index is 0.0116. The summed E-state index contributed by atoms with van der Waals surface area (Å²) in [6.45, 7) is -0.458. The third-order valence-electron chi connectivity index (χ3n) is 2.61. The number of halogens is 2. The highest BCUT2D eigenvalue weighted by Crippen LogP contribution is 2.19. The number of esters is 1. The topological polar surface area (TPSA) is 55.4 Å². The molecule has 8 heteroatoms. The number of nitrogens with one attached hydrogen (secondary N) is 1. The molecule has 1 aromatic carbocycles. The summed E-state index contributed by atoms with van der Waals surface area (Å²) in [5, 5.41) is 4.51. The van der Waals surface area contributed by atoms with Crippen LogP contribution in [-0.4, -0.2) is 24.2 Å². The van der Waals surface area contributed by atoms with Gasteiger partial charge in [-0.25, -0.2) is 4.39 Å². The summed E-state index contributed by atoms with van der Waals surface area (Å²) in [5.74, 6) is -0.875. The highest BCUT2D eigenvalue weighted by atomic mass is 35.5. The number of carbonyl (C=O) groups is 2. The van der Waals surface area contributed by atoms with Gasteiger partial charge in [0.2, 0.25) is 0 Å². The fraction of sp³-hybridized carbons (Fsp3) is 0.200. The van der Waals surface area contributed by atoms with Crippen LogP contribution < -0.4 is 5.32 Å². The minimum Gasteiger partial charge on any atom is -0.455 e. The van der Waals surface area contributed by atoms with Crippen molar-refractivity contribution in [3.63, 3.8) is 0 Å². The molecule has 0 saturated carbocycles. The van der Waals surface area contributed by atoms with E-state index in [1.54, 1.807) is 11.3 Å². The number of rotatable bonds is 7. The van der Waals surface area contributed by atoms with Crippen LogP contribution in [0.2, 0.25) is 5.02 Å². The molecule has 23 heavy (non-hydrogen) atoms. The maximum absolute atomic E-state index is 13.5. The molecule has 1 heterocycles. The van der Waals surface area contributed by atoms with E-state index in [9.17, 15) is 14.0 Å². The van der Waals surface area contributed by atoms with E-state index in [0.717, 1.165) is 11.8 Å². The fourth-order valence-electron chi connectivity index (χ4n) is 1.59. The first-order valence-corrected chi connectivity index (χ1v) is 8.96. The first kappa shape index (κ1) is 17.8. The van der Waals surface area contributed by atoms with Gasteiger partial charge in [0.1, 0.15) is 5.82 Å². The largest absolute Gasteiger partial charge is 0.455 e. The molecular formula is C15H13ClFNO3S2. The van der Waals surface area contributed by atoms with Crippen LogP contribution in [0.15, 0.2) is 35.7 Å². The summed E-state index contributed by atoms with van der Waals surface area (Å²) < 4.78 is 18.3. The molecule has 0 saturated heterocycles. The van der Waals surface area contributed by atoms with Crippen molar-refractivity contribution in [1.29, 1.82) is 0 Å². The number of anilines is 1.